The van der Waals surface area contributed by atoms with Gasteiger partial charge in [0.15, 0.2) is 0 Å². The van der Waals surface area contributed by atoms with Crippen LogP contribution in [0.25, 0.3) is 0 Å². The van der Waals surface area contributed by atoms with Crippen molar-refractivity contribution in [1.29, 1.82) is 0 Å². The molecule has 1 atom stereocenters. The predicted molar refractivity (Wildman–Crippen MR) is 89.2 cm³/mol. The number of anilines is 2. The zero-order chi connectivity index (χ0) is 16.7. The molecule has 0 heterocycles. The highest BCUT2D eigenvalue weighted by molar-refractivity contribution is 6.10. The first-order valence-electron chi connectivity index (χ1n) is 7.25. The Balaban J connectivity index is 2.30. The van der Waals surface area contributed by atoms with Crippen LogP contribution in [0.5, 0.6) is 0 Å². The fourth-order valence-corrected chi connectivity index (χ4v) is 2.09. The van der Waals surface area contributed by atoms with Crippen LogP contribution in [-0.4, -0.2) is 17.0 Å². The number of carboxylic acid groups (broad SMARTS) is 1. The van der Waals surface area contributed by atoms with Crippen molar-refractivity contribution in [3.63, 3.8) is 0 Å². The van der Waals surface area contributed by atoms with Gasteiger partial charge in [0.1, 0.15) is 0 Å². The van der Waals surface area contributed by atoms with Crippen LogP contribution in [-0.2, 0) is 9.59 Å². The standard InChI is InChI=1S/C19H17NO3/c1-15(14-19(22)23)12-13-18(21)20(16-8-4-2-5-9-16)17-10-6-3-7-11-17/h2-11,15H,14H2,1H3,(H,22,23)/t15-/m0/s1. The van der Waals surface area contributed by atoms with Gasteiger partial charge in [-0.05, 0) is 30.2 Å². The van der Waals surface area contributed by atoms with E-state index in [1.165, 1.54) is 4.90 Å². The van der Waals surface area contributed by atoms with Crippen LogP contribution in [0.2, 0.25) is 0 Å². The molecule has 4 nitrogen and oxygen atoms in total. The third kappa shape index (κ3) is 4.72. The molecule has 2 aromatic rings. The predicted octanol–water partition coefficient (Wildman–Crippen LogP) is 3.47. The van der Waals surface area contributed by atoms with Crippen LogP contribution in [0.15, 0.2) is 60.7 Å². The van der Waals surface area contributed by atoms with E-state index in [0.29, 0.717) is 11.4 Å². The Bertz CT molecular complexity index is 690. The lowest BCUT2D eigenvalue weighted by atomic mass is 10.1. The van der Waals surface area contributed by atoms with E-state index in [1.807, 2.05) is 60.7 Å². The molecule has 0 saturated carbocycles. The van der Waals surface area contributed by atoms with E-state index in [2.05, 4.69) is 11.8 Å². The van der Waals surface area contributed by atoms with E-state index in [-0.39, 0.29) is 18.2 Å². The third-order valence-electron chi connectivity index (χ3n) is 3.14. The van der Waals surface area contributed by atoms with Crippen molar-refractivity contribution in [3.8, 4) is 11.8 Å². The molecule has 0 bridgehead atoms. The third-order valence-corrected chi connectivity index (χ3v) is 3.14. The Hall–Kier alpha value is -3.06. The van der Waals surface area contributed by atoms with E-state index in [9.17, 15) is 9.59 Å². The number of aliphatic carboxylic acids is 1. The molecule has 0 aliphatic heterocycles. The minimum absolute atomic E-state index is 0.0864. The lowest BCUT2D eigenvalue weighted by Gasteiger charge is -2.20. The Morgan fingerprint density at radius 3 is 1.91 bits per heavy atom. The number of hydrogen-bond donors (Lipinski definition) is 1. The second kappa shape index (κ2) is 7.81. The first kappa shape index (κ1) is 16.3. The van der Waals surface area contributed by atoms with E-state index in [4.69, 9.17) is 5.11 Å². The summed E-state index contributed by atoms with van der Waals surface area (Å²) in [7, 11) is 0. The van der Waals surface area contributed by atoms with Gasteiger partial charge in [-0.15, -0.1) is 0 Å². The molecule has 0 aromatic heterocycles. The van der Waals surface area contributed by atoms with E-state index in [0.717, 1.165) is 0 Å². The zero-order valence-electron chi connectivity index (χ0n) is 12.8. The smallest absolute Gasteiger partial charge is 0.307 e. The molecule has 4 heteroatoms. The molecule has 2 aromatic carbocycles. The van der Waals surface area contributed by atoms with Gasteiger partial charge in [-0.1, -0.05) is 49.2 Å². The maximum absolute atomic E-state index is 12.5. The molecule has 116 valence electrons. The summed E-state index contributed by atoms with van der Waals surface area (Å²) in [6.07, 6.45) is -0.0864. The van der Waals surface area contributed by atoms with Gasteiger partial charge in [-0.2, -0.15) is 0 Å². The SMILES string of the molecule is C[C@@H](C#CC(=O)N(c1ccccc1)c1ccccc1)CC(=O)O. The number of rotatable bonds is 4. The van der Waals surface area contributed by atoms with Crippen molar-refractivity contribution < 1.29 is 14.7 Å². The Morgan fingerprint density at radius 1 is 1.00 bits per heavy atom. The quantitative estimate of drug-likeness (QED) is 0.880. The highest BCUT2D eigenvalue weighted by Gasteiger charge is 2.16. The van der Waals surface area contributed by atoms with Crippen LogP contribution in [0.1, 0.15) is 13.3 Å². The second-order valence-electron chi connectivity index (χ2n) is 5.08. The van der Waals surface area contributed by atoms with E-state index in [1.54, 1.807) is 6.92 Å². The lowest BCUT2D eigenvalue weighted by Crippen LogP contribution is -2.24. The van der Waals surface area contributed by atoms with Gasteiger partial charge >= 0.3 is 11.9 Å². The summed E-state index contributed by atoms with van der Waals surface area (Å²) in [5.74, 6) is 3.57. The number of carbonyl (C=O) groups is 2. The maximum Gasteiger partial charge on any atom is 0.307 e. The van der Waals surface area contributed by atoms with Crippen molar-refractivity contribution in [3.05, 3.63) is 60.7 Å². The van der Waals surface area contributed by atoms with Crippen molar-refractivity contribution in [1.82, 2.24) is 0 Å². The molecular formula is C19H17NO3. The summed E-state index contributed by atoms with van der Waals surface area (Å²) < 4.78 is 0. The number of amides is 1. The van der Waals surface area contributed by atoms with E-state index < -0.39 is 5.97 Å². The van der Waals surface area contributed by atoms with Crippen molar-refractivity contribution in [2.45, 2.75) is 13.3 Å². The summed E-state index contributed by atoms with van der Waals surface area (Å²) >= 11 is 0. The number of carbonyl (C=O) groups excluding carboxylic acids is 1. The molecule has 1 amide bonds. The molecule has 0 unspecified atom stereocenters. The van der Waals surface area contributed by atoms with Gasteiger partial charge in [0.2, 0.25) is 0 Å². The van der Waals surface area contributed by atoms with Gasteiger partial charge in [0.25, 0.3) is 0 Å². The van der Waals surface area contributed by atoms with Crippen LogP contribution >= 0.6 is 0 Å². The molecule has 1 N–H and O–H groups in total. The molecule has 0 saturated heterocycles. The molecular weight excluding hydrogens is 290 g/mol. The van der Waals surface area contributed by atoms with Crippen LogP contribution in [0, 0.1) is 17.8 Å². The number of para-hydroxylation sites is 2. The average molecular weight is 307 g/mol. The molecule has 0 aliphatic carbocycles. The highest BCUT2D eigenvalue weighted by Crippen LogP contribution is 2.24. The Morgan fingerprint density at radius 2 is 1.48 bits per heavy atom. The minimum atomic E-state index is -0.928. The van der Waals surface area contributed by atoms with Crippen LogP contribution in [0.4, 0.5) is 11.4 Å². The second-order valence-corrected chi connectivity index (χ2v) is 5.08. The topological polar surface area (TPSA) is 57.6 Å². The normalized spacial score (nSPS) is 11.0. The zero-order valence-corrected chi connectivity index (χ0v) is 12.8. The fraction of sp³-hybridized carbons (Fsp3) is 0.158. The van der Waals surface area contributed by atoms with Gasteiger partial charge in [-0.25, -0.2) is 0 Å². The number of nitrogens with zero attached hydrogens (tertiary/aromatic N) is 1. The fourth-order valence-electron chi connectivity index (χ4n) is 2.09. The number of benzene rings is 2. The van der Waals surface area contributed by atoms with Gasteiger partial charge in [0, 0.05) is 17.3 Å². The Labute approximate surface area is 135 Å². The molecule has 23 heavy (non-hydrogen) atoms. The van der Waals surface area contributed by atoms with Gasteiger partial charge in [-0.3, -0.25) is 14.5 Å². The first-order valence-corrected chi connectivity index (χ1v) is 7.25. The largest absolute Gasteiger partial charge is 0.481 e. The Kier molecular flexibility index (Phi) is 5.54. The summed E-state index contributed by atoms with van der Waals surface area (Å²) in [6, 6.07) is 18.4. The van der Waals surface area contributed by atoms with Gasteiger partial charge in [0.05, 0.1) is 6.42 Å². The summed E-state index contributed by atoms with van der Waals surface area (Å²) in [4.78, 5) is 24.7. The first-order chi connectivity index (χ1) is 11.1. The molecule has 0 fully saturated rings. The molecule has 2 rings (SSSR count). The molecule has 0 aliphatic rings. The summed E-state index contributed by atoms with van der Waals surface area (Å²) in [6.45, 7) is 1.68. The molecule has 0 spiro atoms. The van der Waals surface area contributed by atoms with E-state index >= 15 is 0 Å². The van der Waals surface area contributed by atoms with Gasteiger partial charge < -0.3 is 5.11 Å². The van der Waals surface area contributed by atoms with Crippen molar-refractivity contribution in [2.75, 3.05) is 4.90 Å². The lowest BCUT2D eigenvalue weighted by molar-refractivity contribution is -0.137. The summed E-state index contributed by atoms with van der Waals surface area (Å²) in [5.41, 5.74) is 1.42. The minimum Gasteiger partial charge on any atom is -0.481 e. The maximum atomic E-state index is 12.5. The highest BCUT2D eigenvalue weighted by atomic mass is 16.4. The number of hydrogen-bond acceptors (Lipinski definition) is 2. The summed E-state index contributed by atoms with van der Waals surface area (Å²) in [5, 5.41) is 8.75. The monoisotopic (exact) mass is 307 g/mol. The van der Waals surface area contributed by atoms with Crippen molar-refractivity contribution in [2.24, 2.45) is 5.92 Å². The van der Waals surface area contributed by atoms with Crippen molar-refractivity contribution >= 4 is 23.3 Å². The van der Waals surface area contributed by atoms with Crippen LogP contribution in [0.3, 0.4) is 0 Å². The number of carboxylic acids is 1. The average Bonchev–Trinajstić information content (AvgIpc) is 2.55. The molecule has 0 radical (unpaired) electrons. The van der Waals surface area contributed by atoms with Crippen LogP contribution < -0.4 is 4.90 Å².